The molecule has 2 heterocycles. The molecule has 3 rings (SSSR count). The van der Waals surface area contributed by atoms with Crippen LogP contribution in [0.3, 0.4) is 0 Å². The minimum Gasteiger partial charge on any atom is -0.424 e. The summed E-state index contributed by atoms with van der Waals surface area (Å²) in [5.74, 6) is -0.478. The molecule has 5 nitrogen and oxygen atoms in total. The fourth-order valence-electron chi connectivity index (χ4n) is 2.40. The van der Waals surface area contributed by atoms with Gasteiger partial charge < -0.3 is 19.2 Å². The van der Waals surface area contributed by atoms with Gasteiger partial charge in [0, 0.05) is 22.7 Å². The van der Waals surface area contributed by atoms with Crippen LogP contribution in [0.25, 0.3) is 10.9 Å². The van der Waals surface area contributed by atoms with E-state index in [9.17, 15) is 4.79 Å². The Labute approximate surface area is 129 Å². The number of fused-ring (bicyclic) bond motifs is 1. The van der Waals surface area contributed by atoms with Crippen molar-refractivity contribution in [3.8, 4) is 5.75 Å². The van der Waals surface area contributed by atoms with Crippen LogP contribution in [0.1, 0.15) is 33.3 Å². The molecule has 0 saturated carbocycles. The highest BCUT2D eigenvalue weighted by atomic mass is 16.7. The first-order valence-corrected chi connectivity index (χ1v) is 7.41. The molecule has 1 aliphatic rings. The number of aromatic nitrogens is 1. The number of hydrogen-bond acceptors (Lipinski definition) is 4. The van der Waals surface area contributed by atoms with Gasteiger partial charge in [0.15, 0.2) is 11.5 Å². The van der Waals surface area contributed by atoms with Gasteiger partial charge in [-0.1, -0.05) is 6.07 Å². The van der Waals surface area contributed by atoms with E-state index in [1.807, 2.05) is 45.9 Å². The van der Waals surface area contributed by atoms with E-state index in [0.717, 1.165) is 16.5 Å². The molecule has 1 saturated heterocycles. The molecule has 1 aromatic heterocycles. The molecule has 0 bridgehead atoms. The zero-order chi connectivity index (χ0) is 16.0. The Hall–Kier alpha value is -1.85. The average molecular weight is 303 g/mol. The van der Waals surface area contributed by atoms with Gasteiger partial charge in [0.25, 0.3) is 0 Å². The zero-order valence-electron chi connectivity index (χ0n) is 13.4. The second-order valence-corrected chi connectivity index (χ2v) is 6.70. The molecule has 1 fully saturated rings. The molecule has 0 amide bonds. The van der Waals surface area contributed by atoms with Crippen molar-refractivity contribution in [1.29, 1.82) is 0 Å². The lowest BCUT2D eigenvalue weighted by atomic mass is 9.97. The number of benzene rings is 1. The summed E-state index contributed by atoms with van der Waals surface area (Å²) in [6.07, 6.45) is 1.71. The Morgan fingerprint density at radius 3 is 2.59 bits per heavy atom. The SMILES string of the molecule is CC(C)(C)C(=O)Oc1c[nH]c2ccc(C3(C)OCCO3)cc12. The van der Waals surface area contributed by atoms with E-state index in [1.165, 1.54) is 0 Å². The third-order valence-electron chi connectivity index (χ3n) is 3.82. The van der Waals surface area contributed by atoms with E-state index in [1.54, 1.807) is 6.20 Å². The van der Waals surface area contributed by atoms with Crippen LogP contribution >= 0.6 is 0 Å². The van der Waals surface area contributed by atoms with Crippen LogP contribution in [-0.2, 0) is 20.1 Å². The normalized spacial score (nSPS) is 17.8. The molecule has 118 valence electrons. The Kier molecular flexibility index (Phi) is 3.50. The van der Waals surface area contributed by atoms with Crippen molar-refractivity contribution in [3.63, 3.8) is 0 Å². The fraction of sp³-hybridized carbons (Fsp3) is 0.471. The average Bonchev–Trinajstić information content (AvgIpc) is 3.05. The van der Waals surface area contributed by atoms with Gasteiger partial charge in [0.05, 0.1) is 18.6 Å². The smallest absolute Gasteiger partial charge is 0.316 e. The lowest BCUT2D eigenvalue weighted by Gasteiger charge is -2.23. The summed E-state index contributed by atoms with van der Waals surface area (Å²) < 4.78 is 16.9. The van der Waals surface area contributed by atoms with E-state index in [4.69, 9.17) is 14.2 Å². The van der Waals surface area contributed by atoms with Crippen LogP contribution in [0, 0.1) is 5.41 Å². The summed E-state index contributed by atoms with van der Waals surface area (Å²) in [4.78, 5) is 15.2. The van der Waals surface area contributed by atoms with Crippen LogP contribution in [0.2, 0.25) is 0 Å². The van der Waals surface area contributed by atoms with Crippen LogP contribution in [-0.4, -0.2) is 24.2 Å². The molecule has 22 heavy (non-hydrogen) atoms. The molecule has 1 N–H and O–H groups in total. The van der Waals surface area contributed by atoms with Crippen molar-refractivity contribution in [2.24, 2.45) is 5.41 Å². The Bertz CT molecular complexity index is 705. The summed E-state index contributed by atoms with van der Waals surface area (Å²) in [6, 6.07) is 5.84. The molecule has 2 aromatic rings. The van der Waals surface area contributed by atoms with Crippen molar-refractivity contribution < 1.29 is 19.0 Å². The van der Waals surface area contributed by atoms with Gasteiger partial charge in [-0.05, 0) is 39.8 Å². The Balaban J connectivity index is 1.97. The maximum absolute atomic E-state index is 12.1. The third kappa shape index (κ3) is 2.62. The number of esters is 1. The van der Waals surface area contributed by atoms with Crippen molar-refractivity contribution in [1.82, 2.24) is 4.98 Å². The van der Waals surface area contributed by atoms with E-state index >= 15 is 0 Å². The van der Waals surface area contributed by atoms with Gasteiger partial charge >= 0.3 is 5.97 Å². The topological polar surface area (TPSA) is 60.6 Å². The molecule has 0 aliphatic carbocycles. The van der Waals surface area contributed by atoms with Gasteiger partial charge in [-0.15, -0.1) is 0 Å². The highest BCUT2D eigenvalue weighted by Crippen LogP contribution is 2.35. The molecule has 1 aliphatic heterocycles. The Morgan fingerprint density at radius 1 is 1.27 bits per heavy atom. The maximum atomic E-state index is 12.1. The minimum atomic E-state index is -0.739. The van der Waals surface area contributed by atoms with Crippen molar-refractivity contribution >= 4 is 16.9 Å². The monoisotopic (exact) mass is 303 g/mol. The van der Waals surface area contributed by atoms with Crippen molar-refractivity contribution in [2.45, 2.75) is 33.5 Å². The highest BCUT2D eigenvalue weighted by molar-refractivity contribution is 5.90. The fourth-order valence-corrected chi connectivity index (χ4v) is 2.40. The molecule has 0 unspecified atom stereocenters. The summed E-state index contributed by atoms with van der Waals surface area (Å²) >= 11 is 0. The predicted octanol–water partition coefficient (Wildman–Crippen LogP) is 3.34. The first-order valence-electron chi connectivity index (χ1n) is 7.41. The molecular weight excluding hydrogens is 282 g/mol. The lowest BCUT2D eigenvalue weighted by Crippen LogP contribution is -2.25. The first-order chi connectivity index (χ1) is 10.3. The molecule has 5 heteroatoms. The molecule has 0 spiro atoms. The molecule has 0 radical (unpaired) electrons. The minimum absolute atomic E-state index is 0.265. The number of rotatable bonds is 2. The summed E-state index contributed by atoms with van der Waals surface area (Å²) in [5.41, 5.74) is 1.26. The van der Waals surface area contributed by atoms with Gasteiger partial charge in [0.2, 0.25) is 0 Å². The second kappa shape index (κ2) is 5.11. The number of nitrogens with one attached hydrogen (secondary N) is 1. The second-order valence-electron chi connectivity index (χ2n) is 6.70. The number of ether oxygens (including phenoxy) is 3. The van der Waals surface area contributed by atoms with Gasteiger partial charge in [-0.2, -0.15) is 0 Å². The van der Waals surface area contributed by atoms with E-state index in [0.29, 0.717) is 19.0 Å². The molecular formula is C17H21NO4. The van der Waals surface area contributed by atoms with Gasteiger partial charge in [-0.25, -0.2) is 0 Å². The van der Waals surface area contributed by atoms with Crippen LogP contribution in [0.5, 0.6) is 5.75 Å². The summed E-state index contributed by atoms with van der Waals surface area (Å²) in [5, 5.41) is 0.843. The molecule has 1 aromatic carbocycles. The van der Waals surface area contributed by atoms with Crippen molar-refractivity contribution in [2.75, 3.05) is 13.2 Å². The van der Waals surface area contributed by atoms with E-state index in [2.05, 4.69) is 4.98 Å². The maximum Gasteiger partial charge on any atom is 0.316 e. The highest BCUT2D eigenvalue weighted by Gasteiger charge is 2.33. The third-order valence-corrected chi connectivity index (χ3v) is 3.82. The number of carbonyl (C=O) groups excluding carboxylic acids is 1. The first kappa shape index (κ1) is 15.1. The quantitative estimate of drug-likeness (QED) is 0.864. The summed E-state index contributed by atoms with van der Waals surface area (Å²) in [6.45, 7) is 8.54. The Morgan fingerprint density at radius 2 is 1.95 bits per heavy atom. The lowest BCUT2D eigenvalue weighted by molar-refractivity contribution is -0.149. The van der Waals surface area contributed by atoms with Gasteiger partial charge in [-0.3, -0.25) is 4.79 Å². The van der Waals surface area contributed by atoms with Crippen LogP contribution in [0.4, 0.5) is 0 Å². The van der Waals surface area contributed by atoms with Crippen LogP contribution < -0.4 is 4.74 Å². The largest absolute Gasteiger partial charge is 0.424 e. The predicted molar refractivity (Wildman–Crippen MR) is 82.6 cm³/mol. The number of hydrogen-bond donors (Lipinski definition) is 1. The van der Waals surface area contributed by atoms with Crippen LogP contribution in [0.15, 0.2) is 24.4 Å². The van der Waals surface area contributed by atoms with E-state index in [-0.39, 0.29) is 5.97 Å². The number of aromatic amines is 1. The zero-order valence-corrected chi connectivity index (χ0v) is 13.4. The van der Waals surface area contributed by atoms with E-state index < -0.39 is 11.2 Å². The number of carbonyl (C=O) groups is 1. The van der Waals surface area contributed by atoms with Gasteiger partial charge in [0.1, 0.15) is 0 Å². The van der Waals surface area contributed by atoms with Crippen molar-refractivity contribution in [3.05, 3.63) is 30.0 Å². The standard InChI is InChI=1S/C17H21NO4/c1-16(2,3)15(19)22-14-10-18-13-6-5-11(9-12(13)14)17(4)20-7-8-21-17/h5-6,9-10,18H,7-8H2,1-4H3. The molecule has 0 atom stereocenters. The number of H-pyrrole nitrogens is 1. The summed E-state index contributed by atoms with van der Waals surface area (Å²) in [7, 11) is 0.